The second-order valence-electron chi connectivity index (χ2n) is 6.41. The number of rotatable bonds is 4. The van der Waals surface area contributed by atoms with Crippen LogP contribution in [0, 0.1) is 5.92 Å². The average Bonchev–Trinajstić information content (AvgIpc) is 3.11. The molecule has 2 aliphatic heterocycles. The van der Waals surface area contributed by atoms with Crippen LogP contribution in [0.3, 0.4) is 0 Å². The van der Waals surface area contributed by atoms with E-state index in [4.69, 9.17) is 14.3 Å². The number of carbonyl (C=O) groups is 1. The monoisotopic (exact) mass is 332 g/mol. The zero-order valence-corrected chi connectivity index (χ0v) is 14.4. The molecular formula is C18H24N2O4. The average molecular weight is 332 g/mol. The number of nitrogens with zero attached hydrogens (tertiary/aromatic N) is 2. The largest absolute Gasteiger partial charge is 0.497 e. The Kier molecular flexibility index (Phi) is 4.92. The van der Waals surface area contributed by atoms with Gasteiger partial charge in [-0.3, -0.25) is 4.79 Å². The number of piperidine rings is 1. The molecule has 0 aromatic heterocycles. The number of oxime groups is 1. The van der Waals surface area contributed by atoms with Gasteiger partial charge in [-0.15, -0.1) is 0 Å². The molecule has 2 heterocycles. The Bertz CT molecular complexity index is 636. The highest BCUT2D eigenvalue weighted by atomic mass is 16.6. The van der Waals surface area contributed by atoms with E-state index in [1.54, 1.807) is 14.2 Å². The predicted molar refractivity (Wildman–Crippen MR) is 90.6 cm³/mol. The van der Waals surface area contributed by atoms with E-state index in [2.05, 4.69) is 12.1 Å². The quantitative estimate of drug-likeness (QED) is 0.850. The van der Waals surface area contributed by atoms with Crippen molar-refractivity contribution in [3.63, 3.8) is 0 Å². The number of ether oxygens (including phenoxy) is 2. The Hall–Kier alpha value is -2.24. The summed E-state index contributed by atoms with van der Waals surface area (Å²) in [5.41, 5.74) is 1.52. The van der Waals surface area contributed by atoms with E-state index in [1.807, 2.05) is 23.1 Å². The molecule has 6 heteroatoms. The van der Waals surface area contributed by atoms with E-state index >= 15 is 0 Å². The number of likely N-dealkylation sites (tertiary alicyclic amines) is 1. The van der Waals surface area contributed by atoms with Crippen molar-refractivity contribution >= 4 is 11.6 Å². The van der Waals surface area contributed by atoms with Crippen molar-refractivity contribution in [2.75, 3.05) is 27.3 Å². The maximum absolute atomic E-state index is 12.6. The second kappa shape index (κ2) is 7.11. The lowest BCUT2D eigenvalue weighted by Gasteiger charge is -2.31. The van der Waals surface area contributed by atoms with Crippen LogP contribution in [-0.4, -0.2) is 49.9 Å². The van der Waals surface area contributed by atoms with Crippen LogP contribution in [0.25, 0.3) is 0 Å². The molecule has 0 spiro atoms. The van der Waals surface area contributed by atoms with E-state index in [1.165, 1.54) is 0 Å². The van der Waals surface area contributed by atoms with Crippen LogP contribution in [0.1, 0.15) is 31.7 Å². The normalized spacial score (nSPS) is 21.2. The van der Waals surface area contributed by atoms with Crippen molar-refractivity contribution in [2.45, 2.75) is 32.3 Å². The summed E-state index contributed by atoms with van der Waals surface area (Å²) in [7, 11) is 3.22. The molecule has 3 rings (SSSR count). The number of benzene rings is 1. The highest BCUT2D eigenvalue weighted by molar-refractivity contribution is 6.06. The Balaban J connectivity index is 1.70. The van der Waals surface area contributed by atoms with Crippen molar-refractivity contribution in [1.82, 2.24) is 4.90 Å². The predicted octanol–water partition coefficient (Wildman–Crippen LogP) is 2.46. The van der Waals surface area contributed by atoms with Gasteiger partial charge in [-0.25, -0.2) is 0 Å². The molecule has 0 N–H and O–H groups in total. The zero-order chi connectivity index (χ0) is 17.1. The molecule has 0 radical (unpaired) electrons. The van der Waals surface area contributed by atoms with E-state index in [0.29, 0.717) is 23.8 Å². The van der Waals surface area contributed by atoms with E-state index < -0.39 is 6.10 Å². The number of hydrogen-bond acceptors (Lipinski definition) is 5. The van der Waals surface area contributed by atoms with Gasteiger partial charge in [0.05, 0.1) is 19.9 Å². The molecular weight excluding hydrogens is 308 g/mol. The molecule has 1 aromatic carbocycles. The first-order valence-electron chi connectivity index (χ1n) is 8.36. The van der Waals surface area contributed by atoms with Crippen LogP contribution in [0.4, 0.5) is 0 Å². The standard InChI is InChI=1S/C18H24N2O4/c1-12-6-8-20(9-7-12)18(21)17-11-15(19-24-17)14-10-13(22-2)4-5-16(14)23-3/h4-5,10,12,17H,6-9,11H2,1-3H3. The molecule has 0 saturated carbocycles. The van der Waals surface area contributed by atoms with Gasteiger partial charge in [-0.2, -0.15) is 0 Å². The topological polar surface area (TPSA) is 60.4 Å². The first-order valence-corrected chi connectivity index (χ1v) is 8.36. The lowest BCUT2D eigenvalue weighted by molar-refractivity contribution is -0.143. The molecule has 1 unspecified atom stereocenters. The number of carbonyl (C=O) groups excluding carboxylic acids is 1. The summed E-state index contributed by atoms with van der Waals surface area (Å²) in [5, 5.41) is 4.14. The van der Waals surface area contributed by atoms with Crippen molar-refractivity contribution < 1.29 is 19.1 Å². The molecule has 1 aromatic rings. The third kappa shape index (κ3) is 3.32. The molecule has 24 heavy (non-hydrogen) atoms. The molecule has 1 amide bonds. The molecule has 1 saturated heterocycles. The summed E-state index contributed by atoms with van der Waals surface area (Å²) in [5.74, 6) is 2.13. The highest BCUT2D eigenvalue weighted by Crippen LogP contribution is 2.29. The van der Waals surface area contributed by atoms with E-state index in [9.17, 15) is 4.79 Å². The van der Waals surface area contributed by atoms with Gasteiger partial charge < -0.3 is 19.2 Å². The molecule has 1 atom stereocenters. The molecule has 0 aliphatic carbocycles. The van der Waals surface area contributed by atoms with Gasteiger partial charge in [-0.05, 0) is 37.0 Å². The van der Waals surface area contributed by atoms with Crippen LogP contribution >= 0.6 is 0 Å². The highest BCUT2D eigenvalue weighted by Gasteiger charge is 2.34. The fourth-order valence-electron chi connectivity index (χ4n) is 3.14. The van der Waals surface area contributed by atoms with Gasteiger partial charge in [0.1, 0.15) is 11.5 Å². The summed E-state index contributed by atoms with van der Waals surface area (Å²) in [4.78, 5) is 20.0. The van der Waals surface area contributed by atoms with Crippen LogP contribution in [0.15, 0.2) is 23.4 Å². The molecule has 1 fully saturated rings. The Morgan fingerprint density at radius 3 is 2.67 bits per heavy atom. The summed E-state index contributed by atoms with van der Waals surface area (Å²) in [6.45, 7) is 3.83. The van der Waals surface area contributed by atoms with Crippen molar-refractivity contribution in [2.24, 2.45) is 11.1 Å². The van der Waals surface area contributed by atoms with Crippen LogP contribution in [0.5, 0.6) is 11.5 Å². The lowest BCUT2D eigenvalue weighted by Crippen LogP contribution is -2.43. The smallest absolute Gasteiger partial charge is 0.266 e. The summed E-state index contributed by atoms with van der Waals surface area (Å²) in [6.07, 6.45) is 2.02. The Morgan fingerprint density at radius 2 is 2.00 bits per heavy atom. The minimum absolute atomic E-state index is 0.0301. The third-order valence-corrected chi connectivity index (χ3v) is 4.76. The zero-order valence-electron chi connectivity index (χ0n) is 14.4. The number of hydrogen-bond donors (Lipinski definition) is 0. The maximum Gasteiger partial charge on any atom is 0.266 e. The van der Waals surface area contributed by atoms with Crippen LogP contribution < -0.4 is 9.47 Å². The molecule has 6 nitrogen and oxygen atoms in total. The first-order chi connectivity index (χ1) is 11.6. The summed E-state index contributed by atoms with van der Waals surface area (Å²) >= 11 is 0. The first kappa shape index (κ1) is 16.6. The number of amides is 1. The van der Waals surface area contributed by atoms with Gasteiger partial charge >= 0.3 is 0 Å². The van der Waals surface area contributed by atoms with Crippen molar-refractivity contribution in [1.29, 1.82) is 0 Å². The van der Waals surface area contributed by atoms with Gasteiger partial charge in [0.2, 0.25) is 6.10 Å². The summed E-state index contributed by atoms with van der Waals surface area (Å²) < 4.78 is 10.7. The minimum atomic E-state index is -0.538. The van der Waals surface area contributed by atoms with Crippen molar-refractivity contribution in [3.8, 4) is 11.5 Å². The Labute approximate surface area is 142 Å². The second-order valence-corrected chi connectivity index (χ2v) is 6.41. The maximum atomic E-state index is 12.6. The molecule has 2 aliphatic rings. The molecule has 0 bridgehead atoms. The van der Waals surface area contributed by atoms with Crippen LogP contribution in [-0.2, 0) is 9.63 Å². The Morgan fingerprint density at radius 1 is 1.25 bits per heavy atom. The van der Waals surface area contributed by atoms with Gasteiger partial charge in [-0.1, -0.05) is 12.1 Å². The van der Waals surface area contributed by atoms with E-state index in [-0.39, 0.29) is 5.91 Å². The van der Waals surface area contributed by atoms with Gasteiger partial charge in [0.15, 0.2) is 0 Å². The number of methoxy groups -OCH3 is 2. The van der Waals surface area contributed by atoms with Gasteiger partial charge in [0.25, 0.3) is 5.91 Å². The SMILES string of the molecule is COc1ccc(OC)c(C2=NOC(C(=O)N3CCC(C)CC3)C2)c1. The molecule has 130 valence electrons. The van der Waals surface area contributed by atoms with Gasteiger partial charge in [0, 0.05) is 25.1 Å². The lowest BCUT2D eigenvalue weighted by atomic mass is 9.98. The third-order valence-electron chi connectivity index (χ3n) is 4.76. The van der Waals surface area contributed by atoms with Crippen molar-refractivity contribution in [3.05, 3.63) is 23.8 Å². The van der Waals surface area contributed by atoms with E-state index in [0.717, 1.165) is 37.2 Å². The fraction of sp³-hybridized carbons (Fsp3) is 0.556. The minimum Gasteiger partial charge on any atom is -0.497 e. The van der Waals surface area contributed by atoms with Crippen LogP contribution in [0.2, 0.25) is 0 Å². The fourth-order valence-corrected chi connectivity index (χ4v) is 3.14. The summed E-state index contributed by atoms with van der Waals surface area (Å²) in [6, 6.07) is 5.52.